The second-order valence-electron chi connectivity index (χ2n) is 16.1. The molecule has 6 aromatic carbocycles. The molecule has 0 saturated carbocycles. The van der Waals surface area contributed by atoms with Crippen molar-refractivity contribution in [2.24, 2.45) is 0 Å². The lowest BCUT2D eigenvalue weighted by molar-refractivity contribution is 0.415. The van der Waals surface area contributed by atoms with Crippen LogP contribution < -0.4 is 14.5 Å². The number of methoxy groups -OCH3 is 1. The van der Waals surface area contributed by atoms with E-state index < -0.39 is 0 Å². The maximum atomic E-state index is 5.61. The van der Waals surface area contributed by atoms with Crippen LogP contribution in [0.5, 0.6) is 5.75 Å². The van der Waals surface area contributed by atoms with Crippen molar-refractivity contribution < 1.29 is 4.74 Å². The first-order valence-electron chi connectivity index (χ1n) is 20.6. The molecule has 0 N–H and O–H groups in total. The molecule has 9 aromatic rings. The van der Waals surface area contributed by atoms with Crippen molar-refractivity contribution in [3.63, 3.8) is 0 Å². The van der Waals surface area contributed by atoms with Gasteiger partial charge in [-0.15, -0.1) is 22.7 Å². The Morgan fingerprint density at radius 3 is 2.00 bits per heavy atom. The summed E-state index contributed by atoms with van der Waals surface area (Å²) >= 11 is 3.53. The molecule has 0 saturated heterocycles. The smallest absolute Gasteiger partial charge is 0.119 e. The fourth-order valence-electron chi connectivity index (χ4n) is 9.56. The fraction of sp³-hybridized carbons (Fsp3) is 0.111. The first-order valence-corrected chi connectivity index (χ1v) is 22.3. The highest BCUT2D eigenvalue weighted by molar-refractivity contribution is 7.14. The Kier molecular flexibility index (Phi) is 8.87. The van der Waals surface area contributed by atoms with Crippen molar-refractivity contribution in [2.45, 2.75) is 32.1 Å². The van der Waals surface area contributed by atoms with E-state index in [0.29, 0.717) is 0 Å². The quantitative estimate of drug-likeness (QED) is 0.145. The van der Waals surface area contributed by atoms with Gasteiger partial charge in [-0.3, -0.25) is 0 Å². The Balaban J connectivity index is 1.14. The summed E-state index contributed by atoms with van der Waals surface area (Å²) in [6, 6.07) is 59.8. The van der Waals surface area contributed by atoms with Crippen LogP contribution in [0, 0.1) is 0 Å². The molecule has 0 unspecified atom stereocenters. The van der Waals surface area contributed by atoms with E-state index in [2.05, 4.69) is 209 Å². The Hall–Kier alpha value is -6.60. The van der Waals surface area contributed by atoms with E-state index in [0.717, 1.165) is 51.9 Å². The number of hydrogen-bond donors (Lipinski definition) is 0. The van der Waals surface area contributed by atoms with Crippen LogP contribution in [0.25, 0.3) is 44.2 Å². The van der Waals surface area contributed by atoms with E-state index in [9.17, 15) is 0 Å². The average molecular weight is 814 g/mol. The van der Waals surface area contributed by atoms with E-state index in [-0.39, 0.29) is 5.41 Å². The molecule has 0 aliphatic heterocycles. The van der Waals surface area contributed by atoms with Crippen molar-refractivity contribution in [3.05, 3.63) is 203 Å². The van der Waals surface area contributed by atoms with Gasteiger partial charge in [0.05, 0.1) is 28.1 Å². The number of thiophene rings is 2. The molecule has 0 radical (unpaired) electrons. The lowest BCUT2D eigenvalue weighted by atomic mass is 9.79. The van der Waals surface area contributed by atoms with Crippen molar-refractivity contribution >= 4 is 77.1 Å². The number of ether oxygens (including phenoxy) is 1. The van der Waals surface area contributed by atoms with Gasteiger partial charge in [-0.1, -0.05) is 80.6 Å². The zero-order valence-electron chi connectivity index (χ0n) is 33.8. The summed E-state index contributed by atoms with van der Waals surface area (Å²) in [5, 5.41) is 9.17. The first-order chi connectivity index (χ1) is 29.5. The summed E-state index contributed by atoms with van der Waals surface area (Å²) in [7, 11) is 1.72. The summed E-state index contributed by atoms with van der Waals surface area (Å²) < 4.78 is 8.00. The predicted molar refractivity (Wildman–Crippen MR) is 255 cm³/mol. The number of benzene rings is 6. The van der Waals surface area contributed by atoms with E-state index in [1.807, 2.05) is 0 Å². The molecule has 60 heavy (non-hydrogen) atoms. The van der Waals surface area contributed by atoms with Gasteiger partial charge in [0, 0.05) is 44.6 Å². The van der Waals surface area contributed by atoms with Crippen molar-refractivity contribution in [3.8, 4) is 22.6 Å². The Labute approximate surface area is 359 Å². The second kappa shape index (κ2) is 14.6. The first kappa shape index (κ1) is 36.5. The molecular weight excluding hydrogens is 771 g/mol. The number of fused-ring (bicyclic) bond motifs is 5. The van der Waals surface area contributed by atoms with Gasteiger partial charge in [-0.05, 0) is 160 Å². The summed E-state index contributed by atoms with van der Waals surface area (Å²) in [6.45, 7) is 4.78. The lowest BCUT2D eigenvalue weighted by Gasteiger charge is -2.33. The van der Waals surface area contributed by atoms with Gasteiger partial charge >= 0.3 is 0 Å². The zero-order valence-corrected chi connectivity index (χ0v) is 35.4. The number of nitrogens with zero attached hydrogens (tertiary/aromatic N) is 3. The van der Waals surface area contributed by atoms with E-state index in [1.54, 1.807) is 29.8 Å². The lowest BCUT2D eigenvalue weighted by Crippen LogP contribution is -2.22. The molecule has 3 aromatic heterocycles. The molecule has 0 amide bonds. The van der Waals surface area contributed by atoms with Gasteiger partial charge in [0.1, 0.15) is 5.75 Å². The normalized spacial score (nSPS) is 14.3. The molecule has 11 rings (SSSR count). The molecule has 6 heteroatoms. The van der Waals surface area contributed by atoms with Gasteiger partial charge in [0.15, 0.2) is 0 Å². The fourth-order valence-corrected chi connectivity index (χ4v) is 11.1. The van der Waals surface area contributed by atoms with Crippen LogP contribution in [0.4, 0.5) is 27.1 Å². The topological polar surface area (TPSA) is 20.6 Å². The highest BCUT2D eigenvalue weighted by Gasteiger charge is 2.38. The van der Waals surface area contributed by atoms with Crippen LogP contribution in [-0.4, -0.2) is 11.7 Å². The van der Waals surface area contributed by atoms with Gasteiger partial charge < -0.3 is 19.1 Å². The molecule has 0 spiro atoms. The molecular formula is C54H43N3OS2. The van der Waals surface area contributed by atoms with E-state index in [4.69, 9.17) is 4.74 Å². The Bertz CT molecular complexity index is 3100. The molecule has 4 nitrogen and oxygen atoms in total. The van der Waals surface area contributed by atoms with Crippen molar-refractivity contribution in [1.82, 2.24) is 4.57 Å². The third kappa shape index (κ3) is 6.01. The van der Waals surface area contributed by atoms with Crippen LogP contribution in [0.15, 0.2) is 192 Å². The second-order valence-corrected chi connectivity index (χ2v) is 18.0. The maximum Gasteiger partial charge on any atom is 0.119 e. The third-order valence-corrected chi connectivity index (χ3v) is 14.1. The Morgan fingerprint density at radius 2 is 1.25 bits per heavy atom. The molecule has 0 bridgehead atoms. The number of rotatable bonds is 9. The molecule has 292 valence electrons. The van der Waals surface area contributed by atoms with Crippen molar-refractivity contribution in [2.75, 3.05) is 16.9 Å². The largest absolute Gasteiger partial charge is 0.497 e. The third-order valence-electron chi connectivity index (χ3n) is 12.4. The highest BCUT2D eigenvalue weighted by Crippen LogP contribution is 2.53. The summed E-state index contributed by atoms with van der Waals surface area (Å²) in [4.78, 5) is 4.91. The van der Waals surface area contributed by atoms with Gasteiger partial charge in [-0.2, -0.15) is 0 Å². The summed E-state index contributed by atoms with van der Waals surface area (Å²) in [6.07, 6.45) is 4.46. The number of anilines is 5. The van der Waals surface area contributed by atoms with Gasteiger partial charge in [0.25, 0.3) is 0 Å². The molecule has 2 aliphatic carbocycles. The van der Waals surface area contributed by atoms with Crippen LogP contribution in [0.2, 0.25) is 0 Å². The van der Waals surface area contributed by atoms with E-state index in [1.165, 1.54) is 60.3 Å². The summed E-state index contributed by atoms with van der Waals surface area (Å²) in [5.74, 6) is 0.834. The van der Waals surface area contributed by atoms with Gasteiger partial charge in [0.2, 0.25) is 0 Å². The molecule has 2 aliphatic rings. The van der Waals surface area contributed by atoms with Crippen molar-refractivity contribution in [1.29, 1.82) is 0 Å². The minimum absolute atomic E-state index is 0.0790. The summed E-state index contributed by atoms with van der Waals surface area (Å²) in [5.41, 5.74) is 16.2. The molecule has 0 atom stereocenters. The number of hydrogen-bond acceptors (Lipinski definition) is 5. The van der Waals surface area contributed by atoms with E-state index >= 15 is 0 Å². The van der Waals surface area contributed by atoms with Crippen LogP contribution in [-0.2, 0) is 5.41 Å². The standard InChI is InChI=1S/C54H43N3OS2/c1-54(2)48-17-9-7-15-44(48)45-27-24-40(35-49(45)54)56(53-20-12-30-60-53)42-32-37(31-41(34-42)55(52-19-11-29-59-52)39-22-25-43(58-3)26-23-39)36-21-28-51-47(33-36)46-16-8-10-18-50(46)57(51)38-13-5-4-6-14-38/h4-23,25-26,28-35H,24,27H2,1-3H3. The molecule has 0 fully saturated rings. The monoisotopic (exact) mass is 813 g/mol. The number of para-hydroxylation sites is 2. The minimum atomic E-state index is -0.0790. The minimum Gasteiger partial charge on any atom is -0.497 e. The average Bonchev–Trinajstić information content (AvgIpc) is 4.12. The maximum absolute atomic E-state index is 5.61. The number of allylic oxidation sites excluding steroid dienone is 4. The zero-order chi connectivity index (χ0) is 40.4. The van der Waals surface area contributed by atoms with Gasteiger partial charge in [-0.25, -0.2) is 0 Å². The predicted octanol–water partition coefficient (Wildman–Crippen LogP) is 15.6. The Morgan fingerprint density at radius 1 is 0.567 bits per heavy atom. The highest BCUT2D eigenvalue weighted by atomic mass is 32.1. The van der Waals surface area contributed by atoms with Crippen LogP contribution in [0.1, 0.15) is 37.8 Å². The SMILES string of the molecule is COc1ccc(N(c2cc(-c3ccc4c(c3)c3ccccc3n4-c3ccccc3)cc(N(C3=CC4=C(CC3)c3ccccc3C4(C)C)c3cccs3)c2)c2cccs2)cc1. The van der Waals surface area contributed by atoms with Crippen LogP contribution >= 0.6 is 22.7 Å². The van der Waals surface area contributed by atoms with Crippen LogP contribution in [0.3, 0.4) is 0 Å². The molecule has 3 heterocycles. The number of aromatic nitrogens is 1.